The van der Waals surface area contributed by atoms with Crippen molar-refractivity contribution in [2.45, 2.75) is 6.54 Å². The number of carbonyl (C=O) groups is 1. The van der Waals surface area contributed by atoms with Crippen LogP contribution in [-0.4, -0.2) is 30.3 Å². The second-order valence-electron chi connectivity index (χ2n) is 6.55. The molecule has 0 aliphatic heterocycles. The molecule has 4 rings (SSSR count). The summed E-state index contributed by atoms with van der Waals surface area (Å²) in [4.78, 5) is 13.9. The molecule has 0 saturated heterocycles. The van der Waals surface area contributed by atoms with Crippen LogP contribution in [-0.2, 0) is 6.54 Å². The number of hydrogen-bond acceptors (Lipinski definition) is 5. The van der Waals surface area contributed by atoms with Gasteiger partial charge in [0.1, 0.15) is 11.5 Å². The van der Waals surface area contributed by atoms with Gasteiger partial charge in [0.2, 0.25) is 0 Å². The van der Waals surface area contributed by atoms with Crippen molar-refractivity contribution in [1.29, 1.82) is 0 Å². The fraction of sp³-hybridized carbons (Fsp3) is 0.130. The summed E-state index contributed by atoms with van der Waals surface area (Å²) in [5, 5.41) is 13.1. The number of hydrogen-bond donors (Lipinski definition) is 2. The van der Waals surface area contributed by atoms with E-state index in [1.807, 2.05) is 60.0 Å². The molecule has 30 heavy (non-hydrogen) atoms. The standard InChI is InChI=1S/C23H21N3O3S/c1-28-16-8-5-15(6-9-16)7-11-19-21-20(26-25-19)12-10-18(22(21)29-2)23(27)24-14-17-4-3-13-30-17/h3-13H,14H2,1-2H3,(H,24,27)(H,25,26)/b11-7+. The molecule has 6 nitrogen and oxygen atoms in total. The van der Waals surface area contributed by atoms with E-state index in [1.54, 1.807) is 31.6 Å². The first-order chi connectivity index (χ1) is 14.7. The molecule has 7 heteroatoms. The fourth-order valence-corrected chi connectivity index (χ4v) is 3.83. The lowest BCUT2D eigenvalue weighted by Crippen LogP contribution is -2.22. The highest BCUT2D eigenvalue weighted by Gasteiger charge is 2.18. The van der Waals surface area contributed by atoms with Crippen LogP contribution in [0.3, 0.4) is 0 Å². The van der Waals surface area contributed by atoms with Crippen molar-refractivity contribution in [3.05, 3.63) is 75.6 Å². The van der Waals surface area contributed by atoms with Crippen LogP contribution < -0.4 is 14.8 Å². The van der Waals surface area contributed by atoms with Crippen LogP contribution >= 0.6 is 11.3 Å². The molecular formula is C23H21N3O3S. The van der Waals surface area contributed by atoms with Crippen molar-refractivity contribution in [2.24, 2.45) is 0 Å². The average Bonchev–Trinajstić information content (AvgIpc) is 3.45. The lowest BCUT2D eigenvalue weighted by Gasteiger charge is -2.10. The lowest BCUT2D eigenvalue weighted by molar-refractivity contribution is 0.0948. The van der Waals surface area contributed by atoms with Gasteiger partial charge in [-0.2, -0.15) is 5.10 Å². The van der Waals surface area contributed by atoms with Gasteiger partial charge in [-0.05, 0) is 47.4 Å². The molecule has 0 fully saturated rings. The summed E-state index contributed by atoms with van der Waals surface area (Å²) < 4.78 is 10.8. The van der Waals surface area contributed by atoms with Gasteiger partial charge < -0.3 is 14.8 Å². The number of fused-ring (bicyclic) bond motifs is 1. The zero-order chi connectivity index (χ0) is 20.9. The lowest BCUT2D eigenvalue weighted by atomic mass is 10.1. The van der Waals surface area contributed by atoms with Crippen LogP contribution in [0.15, 0.2) is 53.9 Å². The molecule has 2 aromatic carbocycles. The Bertz CT molecular complexity index is 1180. The Labute approximate surface area is 178 Å². The fourth-order valence-electron chi connectivity index (χ4n) is 3.18. The minimum absolute atomic E-state index is 0.187. The predicted molar refractivity (Wildman–Crippen MR) is 120 cm³/mol. The summed E-state index contributed by atoms with van der Waals surface area (Å²) in [5.74, 6) is 1.12. The summed E-state index contributed by atoms with van der Waals surface area (Å²) in [5.41, 5.74) is 2.99. The minimum atomic E-state index is -0.187. The van der Waals surface area contributed by atoms with Gasteiger partial charge in [0.25, 0.3) is 5.91 Å². The van der Waals surface area contributed by atoms with Crippen LogP contribution in [0.1, 0.15) is 26.5 Å². The number of ether oxygens (including phenoxy) is 2. The SMILES string of the molecule is COc1ccc(/C=C/c2n[nH]c3ccc(C(=O)NCc4cccs4)c(OC)c23)cc1. The van der Waals surface area contributed by atoms with Gasteiger partial charge in [0.05, 0.1) is 42.9 Å². The number of nitrogens with zero attached hydrogens (tertiary/aromatic N) is 1. The maximum atomic E-state index is 12.8. The largest absolute Gasteiger partial charge is 0.497 e. The summed E-state index contributed by atoms with van der Waals surface area (Å²) in [6, 6.07) is 15.3. The first-order valence-corrected chi connectivity index (χ1v) is 10.3. The molecule has 0 aliphatic carbocycles. The molecule has 4 aromatic rings. The number of amides is 1. The van der Waals surface area contributed by atoms with Gasteiger partial charge in [-0.3, -0.25) is 9.89 Å². The molecule has 2 heterocycles. The van der Waals surface area contributed by atoms with E-state index >= 15 is 0 Å². The molecule has 0 bridgehead atoms. The third-order valence-electron chi connectivity index (χ3n) is 4.71. The summed E-state index contributed by atoms with van der Waals surface area (Å²) >= 11 is 1.61. The zero-order valence-electron chi connectivity index (χ0n) is 16.6. The number of carbonyl (C=O) groups excluding carboxylic acids is 1. The van der Waals surface area contributed by atoms with E-state index in [0.717, 1.165) is 27.1 Å². The van der Waals surface area contributed by atoms with Crippen molar-refractivity contribution in [2.75, 3.05) is 14.2 Å². The minimum Gasteiger partial charge on any atom is -0.497 e. The highest BCUT2D eigenvalue weighted by molar-refractivity contribution is 7.09. The first-order valence-electron chi connectivity index (χ1n) is 9.37. The van der Waals surface area contributed by atoms with E-state index in [1.165, 1.54) is 0 Å². The normalized spacial score (nSPS) is 11.1. The Kier molecular flexibility index (Phi) is 5.81. The van der Waals surface area contributed by atoms with Crippen LogP contribution in [0.5, 0.6) is 11.5 Å². The number of nitrogens with one attached hydrogen (secondary N) is 2. The highest BCUT2D eigenvalue weighted by Crippen LogP contribution is 2.32. The summed E-state index contributed by atoms with van der Waals surface area (Å²) in [6.07, 6.45) is 3.86. The van der Waals surface area contributed by atoms with E-state index in [9.17, 15) is 4.79 Å². The molecule has 0 atom stereocenters. The molecule has 0 radical (unpaired) electrons. The molecule has 2 aromatic heterocycles. The number of thiophene rings is 1. The Morgan fingerprint density at radius 1 is 1.10 bits per heavy atom. The molecular weight excluding hydrogens is 398 g/mol. The number of rotatable bonds is 7. The van der Waals surface area contributed by atoms with Gasteiger partial charge in [-0.25, -0.2) is 0 Å². The Hall–Kier alpha value is -3.58. The van der Waals surface area contributed by atoms with Gasteiger partial charge in [-0.15, -0.1) is 11.3 Å². The highest BCUT2D eigenvalue weighted by atomic mass is 32.1. The smallest absolute Gasteiger partial charge is 0.255 e. The summed E-state index contributed by atoms with van der Waals surface area (Å²) in [6.45, 7) is 0.479. The number of methoxy groups -OCH3 is 2. The molecule has 1 amide bonds. The van der Waals surface area contributed by atoms with Gasteiger partial charge in [0.15, 0.2) is 0 Å². The van der Waals surface area contributed by atoms with Crippen molar-refractivity contribution < 1.29 is 14.3 Å². The Balaban J connectivity index is 1.63. The third kappa shape index (κ3) is 4.06. The van der Waals surface area contributed by atoms with E-state index < -0.39 is 0 Å². The Morgan fingerprint density at radius 2 is 1.93 bits per heavy atom. The number of benzene rings is 2. The molecule has 0 spiro atoms. The second kappa shape index (κ2) is 8.84. The van der Waals surface area contributed by atoms with Crippen molar-refractivity contribution >= 4 is 40.3 Å². The molecule has 0 aliphatic rings. The summed E-state index contributed by atoms with van der Waals surface area (Å²) in [7, 11) is 3.20. The van der Waals surface area contributed by atoms with Crippen LogP contribution in [0, 0.1) is 0 Å². The average molecular weight is 420 g/mol. The van der Waals surface area contributed by atoms with Crippen LogP contribution in [0.4, 0.5) is 0 Å². The van der Waals surface area contributed by atoms with Crippen LogP contribution in [0.25, 0.3) is 23.1 Å². The van der Waals surface area contributed by atoms with Gasteiger partial charge in [0, 0.05) is 4.88 Å². The number of H-pyrrole nitrogens is 1. The second-order valence-corrected chi connectivity index (χ2v) is 7.58. The quantitative estimate of drug-likeness (QED) is 0.454. The monoisotopic (exact) mass is 419 g/mol. The van der Waals surface area contributed by atoms with E-state index in [4.69, 9.17) is 9.47 Å². The molecule has 2 N–H and O–H groups in total. The molecule has 152 valence electrons. The zero-order valence-corrected chi connectivity index (χ0v) is 17.5. The maximum absolute atomic E-state index is 12.8. The topological polar surface area (TPSA) is 76.2 Å². The third-order valence-corrected chi connectivity index (χ3v) is 5.59. The van der Waals surface area contributed by atoms with Crippen LogP contribution in [0.2, 0.25) is 0 Å². The van der Waals surface area contributed by atoms with Crippen molar-refractivity contribution in [3.63, 3.8) is 0 Å². The number of aromatic nitrogens is 2. The van der Waals surface area contributed by atoms with Crippen molar-refractivity contribution in [1.82, 2.24) is 15.5 Å². The number of aromatic amines is 1. The Morgan fingerprint density at radius 3 is 2.63 bits per heavy atom. The first kappa shape index (κ1) is 19.7. The molecule has 0 unspecified atom stereocenters. The molecule has 0 saturated carbocycles. The van der Waals surface area contributed by atoms with E-state index in [0.29, 0.717) is 23.6 Å². The van der Waals surface area contributed by atoms with E-state index in [2.05, 4.69) is 15.5 Å². The van der Waals surface area contributed by atoms with Gasteiger partial charge in [-0.1, -0.05) is 24.3 Å². The maximum Gasteiger partial charge on any atom is 0.255 e. The van der Waals surface area contributed by atoms with Gasteiger partial charge >= 0.3 is 0 Å². The van der Waals surface area contributed by atoms with Crippen molar-refractivity contribution in [3.8, 4) is 11.5 Å². The predicted octanol–water partition coefficient (Wildman–Crippen LogP) is 4.74. The van der Waals surface area contributed by atoms with E-state index in [-0.39, 0.29) is 5.91 Å².